The van der Waals surface area contributed by atoms with Crippen LogP contribution in [0.4, 0.5) is 0 Å². The lowest BCUT2D eigenvalue weighted by Crippen LogP contribution is -2.28. The van der Waals surface area contributed by atoms with E-state index >= 15 is 0 Å². The Morgan fingerprint density at radius 2 is 1.67 bits per heavy atom. The van der Waals surface area contributed by atoms with Gasteiger partial charge in [0.2, 0.25) is 0 Å². The highest BCUT2D eigenvalue weighted by Crippen LogP contribution is 2.38. The summed E-state index contributed by atoms with van der Waals surface area (Å²) in [4.78, 5) is 0. The molecule has 1 N–H and O–H groups in total. The zero-order chi connectivity index (χ0) is 14.8. The van der Waals surface area contributed by atoms with Crippen LogP contribution in [0.2, 0.25) is 5.02 Å². The van der Waals surface area contributed by atoms with E-state index in [9.17, 15) is 0 Å². The summed E-state index contributed by atoms with van der Waals surface area (Å²) >= 11 is 5.97. The molecule has 21 heavy (non-hydrogen) atoms. The standard InChI is InChI=1S/C19H22ClN/c1-13-7-12-19(18-6-4-3-5-17(13)18)21-14(2)15-8-10-16(20)11-9-15/h3-6,8-11,13-14,19,21H,7,12H2,1-2H3/t13?,14-,19?/m0/s1. The Labute approximate surface area is 132 Å². The van der Waals surface area contributed by atoms with Gasteiger partial charge in [0, 0.05) is 17.1 Å². The lowest BCUT2D eigenvalue weighted by Gasteiger charge is -2.32. The summed E-state index contributed by atoms with van der Waals surface area (Å²) in [5.41, 5.74) is 4.26. The second kappa shape index (κ2) is 6.21. The molecule has 0 saturated carbocycles. The van der Waals surface area contributed by atoms with Gasteiger partial charge in [0.1, 0.15) is 0 Å². The molecule has 2 heteroatoms. The van der Waals surface area contributed by atoms with Gasteiger partial charge >= 0.3 is 0 Å². The molecule has 1 nitrogen and oxygen atoms in total. The van der Waals surface area contributed by atoms with E-state index < -0.39 is 0 Å². The average Bonchev–Trinajstić information content (AvgIpc) is 2.51. The van der Waals surface area contributed by atoms with Crippen molar-refractivity contribution in [3.8, 4) is 0 Å². The van der Waals surface area contributed by atoms with Crippen LogP contribution in [-0.2, 0) is 0 Å². The Balaban J connectivity index is 1.79. The van der Waals surface area contributed by atoms with Gasteiger partial charge in [0.25, 0.3) is 0 Å². The average molecular weight is 300 g/mol. The number of halogens is 1. The number of benzene rings is 2. The third-order valence-corrected chi connectivity index (χ3v) is 4.86. The number of rotatable bonds is 3. The third-order valence-electron chi connectivity index (χ3n) is 4.61. The summed E-state index contributed by atoms with van der Waals surface area (Å²) in [5.74, 6) is 0.671. The molecule has 3 atom stereocenters. The van der Waals surface area contributed by atoms with Gasteiger partial charge < -0.3 is 5.32 Å². The summed E-state index contributed by atoms with van der Waals surface area (Å²) in [6.45, 7) is 4.56. The molecule has 0 heterocycles. The fourth-order valence-corrected chi connectivity index (χ4v) is 3.45. The fraction of sp³-hybridized carbons (Fsp3) is 0.368. The van der Waals surface area contributed by atoms with Gasteiger partial charge in [0.05, 0.1) is 0 Å². The van der Waals surface area contributed by atoms with Crippen LogP contribution in [0.3, 0.4) is 0 Å². The van der Waals surface area contributed by atoms with Gasteiger partial charge in [0.15, 0.2) is 0 Å². The predicted molar refractivity (Wildman–Crippen MR) is 89.8 cm³/mol. The van der Waals surface area contributed by atoms with E-state index in [4.69, 9.17) is 11.6 Å². The van der Waals surface area contributed by atoms with Crippen LogP contribution in [-0.4, -0.2) is 0 Å². The molecule has 0 aliphatic heterocycles. The first-order valence-electron chi connectivity index (χ1n) is 7.75. The van der Waals surface area contributed by atoms with Crippen molar-refractivity contribution in [3.05, 3.63) is 70.2 Å². The van der Waals surface area contributed by atoms with Crippen molar-refractivity contribution < 1.29 is 0 Å². The molecule has 0 spiro atoms. The molecule has 0 amide bonds. The Morgan fingerprint density at radius 1 is 1.00 bits per heavy atom. The Hall–Kier alpha value is -1.31. The second-order valence-electron chi connectivity index (χ2n) is 6.10. The molecular formula is C19H22ClN. The second-order valence-corrected chi connectivity index (χ2v) is 6.54. The normalized spacial score (nSPS) is 22.6. The maximum absolute atomic E-state index is 5.97. The number of hydrogen-bond donors (Lipinski definition) is 1. The fourth-order valence-electron chi connectivity index (χ4n) is 3.33. The van der Waals surface area contributed by atoms with Crippen LogP contribution < -0.4 is 5.32 Å². The minimum Gasteiger partial charge on any atom is -0.303 e. The molecule has 2 unspecified atom stereocenters. The lowest BCUT2D eigenvalue weighted by molar-refractivity contribution is 0.396. The Morgan fingerprint density at radius 3 is 2.38 bits per heavy atom. The minimum absolute atomic E-state index is 0.328. The topological polar surface area (TPSA) is 12.0 Å². The zero-order valence-corrected chi connectivity index (χ0v) is 13.4. The van der Waals surface area contributed by atoms with E-state index in [1.54, 1.807) is 0 Å². The molecule has 0 saturated heterocycles. The molecule has 2 aromatic rings. The first-order chi connectivity index (χ1) is 10.1. The van der Waals surface area contributed by atoms with Gasteiger partial charge in [-0.2, -0.15) is 0 Å². The van der Waals surface area contributed by atoms with E-state index in [-0.39, 0.29) is 0 Å². The van der Waals surface area contributed by atoms with E-state index in [0.717, 1.165) is 5.02 Å². The molecule has 2 aromatic carbocycles. The van der Waals surface area contributed by atoms with Crippen LogP contribution in [0.15, 0.2) is 48.5 Å². The Bertz CT molecular complexity index is 605. The smallest absolute Gasteiger partial charge is 0.0406 e. The first-order valence-corrected chi connectivity index (χ1v) is 8.13. The predicted octanol–water partition coefficient (Wildman–Crippen LogP) is 5.63. The molecule has 1 aliphatic carbocycles. The molecule has 1 aliphatic rings. The van der Waals surface area contributed by atoms with Gasteiger partial charge in [-0.15, -0.1) is 0 Å². The van der Waals surface area contributed by atoms with Gasteiger partial charge in [-0.25, -0.2) is 0 Å². The maximum Gasteiger partial charge on any atom is 0.0406 e. The van der Waals surface area contributed by atoms with Gasteiger partial charge in [-0.3, -0.25) is 0 Å². The lowest BCUT2D eigenvalue weighted by atomic mass is 9.80. The molecule has 0 radical (unpaired) electrons. The van der Waals surface area contributed by atoms with Crippen molar-refractivity contribution in [2.24, 2.45) is 0 Å². The van der Waals surface area contributed by atoms with Crippen molar-refractivity contribution in [3.63, 3.8) is 0 Å². The highest BCUT2D eigenvalue weighted by Gasteiger charge is 2.25. The molecular weight excluding hydrogens is 278 g/mol. The van der Waals surface area contributed by atoms with Crippen molar-refractivity contribution in [1.29, 1.82) is 0 Å². The summed E-state index contributed by atoms with van der Waals surface area (Å²) in [6, 6.07) is 17.8. The molecule has 0 aromatic heterocycles. The van der Waals surface area contributed by atoms with Crippen LogP contribution >= 0.6 is 11.6 Å². The summed E-state index contributed by atoms with van der Waals surface area (Å²) in [7, 11) is 0. The van der Waals surface area contributed by atoms with Crippen LogP contribution in [0.25, 0.3) is 0 Å². The van der Waals surface area contributed by atoms with E-state index in [0.29, 0.717) is 18.0 Å². The number of hydrogen-bond acceptors (Lipinski definition) is 1. The molecule has 0 bridgehead atoms. The highest BCUT2D eigenvalue weighted by molar-refractivity contribution is 6.30. The van der Waals surface area contributed by atoms with Crippen molar-refractivity contribution in [1.82, 2.24) is 5.32 Å². The molecule has 110 valence electrons. The maximum atomic E-state index is 5.97. The van der Waals surface area contributed by atoms with E-state index in [1.807, 2.05) is 12.1 Å². The molecule has 0 fully saturated rings. The SMILES string of the molecule is CC1CCC(N[C@@H](C)c2ccc(Cl)cc2)c2ccccc21. The third kappa shape index (κ3) is 3.14. The summed E-state index contributed by atoms with van der Waals surface area (Å²) in [5, 5.41) is 4.58. The monoisotopic (exact) mass is 299 g/mol. The number of nitrogens with one attached hydrogen (secondary N) is 1. The molecule has 3 rings (SSSR count). The van der Waals surface area contributed by atoms with Crippen LogP contribution in [0.5, 0.6) is 0 Å². The minimum atomic E-state index is 0.328. The van der Waals surface area contributed by atoms with Crippen LogP contribution in [0.1, 0.15) is 61.4 Å². The largest absolute Gasteiger partial charge is 0.303 e. The quantitative estimate of drug-likeness (QED) is 0.774. The van der Waals surface area contributed by atoms with Crippen LogP contribution in [0, 0.1) is 0 Å². The van der Waals surface area contributed by atoms with Gasteiger partial charge in [-0.1, -0.05) is 54.9 Å². The first kappa shape index (κ1) is 14.6. The van der Waals surface area contributed by atoms with Crippen molar-refractivity contribution in [2.45, 2.75) is 44.7 Å². The van der Waals surface area contributed by atoms with Gasteiger partial charge in [-0.05, 0) is 54.5 Å². The van der Waals surface area contributed by atoms with Crippen molar-refractivity contribution >= 4 is 11.6 Å². The summed E-state index contributed by atoms with van der Waals surface area (Å²) < 4.78 is 0. The van der Waals surface area contributed by atoms with E-state index in [1.165, 1.54) is 29.5 Å². The highest BCUT2D eigenvalue weighted by atomic mass is 35.5. The van der Waals surface area contributed by atoms with Crippen molar-refractivity contribution in [2.75, 3.05) is 0 Å². The summed E-state index contributed by atoms with van der Waals surface area (Å²) in [6.07, 6.45) is 2.46. The zero-order valence-electron chi connectivity index (χ0n) is 12.6. The Kier molecular flexibility index (Phi) is 4.32. The van der Waals surface area contributed by atoms with E-state index in [2.05, 4.69) is 55.6 Å². The number of fused-ring (bicyclic) bond motifs is 1.